The summed E-state index contributed by atoms with van der Waals surface area (Å²) in [5, 5.41) is 15.7. The number of amides is 1. The predicted molar refractivity (Wildman–Crippen MR) is 103 cm³/mol. The van der Waals surface area contributed by atoms with Crippen molar-refractivity contribution in [2.24, 2.45) is 0 Å². The van der Waals surface area contributed by atoms with E-state index in [1.807, 2.05) is 36.4 Å². The van der Waals surface area contributed by atoms with Gasteiger partial charge < -0.3 is 20.5 Å². The highest BCUT2D eigenvalue weighted by Gasteiger charge is 2.11. The number of phenols is 1. The zero-order valence-electron chi connectivity index (χ0n) is 14.4. The van der Waals surface area contributed by atoms with Crippen molar-refractivity contribution in [1.29, 1.82) is 0 Å². The minimum Gasteiger partial charge on any atom is -0.508 e. The van der Waals surface area contributed by atoms with Crippen molar-refractivity contribution >= 4 is 17.3 Å². The first-order chi connectivity index (χ1) is 12.7. The Bertz CT molecular complexity index is 895. The second-order valence-electron chi connectivity index (χ2n) is 5.76. The van der Waals surface area contributed by atoms with Crippen LogP contribution in [0, 0.1) is 0 Å². The Balaban J connectivity index is 1.76. The number of carbonyl (C=O) groups is 1. The maximum atomic E-state index is 12.5. The number of para-hydroxylation sites is 1. The van der Waals surface area contributed by atoms with E-state index in [-0.39, 0.29) is 11.7 Å². The summed E-state index contributed by atoms with van der Waals surface area (Å²) in [5.74, 6) is 0.660. The average Bonchev–Trinajstić information content (AvgIpc) is 2.67. The fourth-order valence-electron chi connectivity index (χ4n) is 2.58. The van der Waals surface area contributed by atoms with Gasteiger partial charge in [0.05, 0.1) is 12.8 Å². The first-order valence-corrected chi connectivity index (χ1v) is 8.22. The molecule has 0 aliphatic heterocycles. The Labute approximate surface area is 152 Å². The first-order valence-electron chi connectivity index (χ1n) is 8.22. The largest absolute Gasteiger partial charge is 0.508 e. The molecule has 3 aromatic rings. The summed E-state index contributed by atoms with van der Waals surface area (Å²) in [6.07, 6.45) is 0. The number of aromatic hydroxyl groups is 1. The van der Waals surface area contributed by atoms with Crippen LogP contribution in [0.1, 0.15) is 15.9 Å². The van der Waals surface area contributed by atoms with Crippen molar-refractivity contribution in [3.8, 4) is 11.5 Å². The molecule has 0 aliphatic carbocycles. The van der Waals surface area contributed by atoms with Crippen LogP contribution in [0.4, 0.5) is 11.4 Å². The maximum Gasteiger partial charge on any atom is 0.255 e. The van der Waals surface area contributed by atoms with Crippen molar-refractivity contribution in [3.63, 3.8) is 0 Å². The molecule has 3 N–H and O–H groups in total. The molecule has 5 nitrogen and oxygen atoms in total. The van der Waals surface area contributed by atoms with Gasteiger partial charge in [-0.3, -0.25) is 4.79 Å². The highest BCUT2D eigenvalue weighted by molar-refractivity contribution is 6.05. The van der Waals surface area contributed by atoms with Crippen LogP contribution >= 0.6 is 0 Å². The van der Waals surface area contributed by atoms with Crippen LogP contribution in [-0.2, 0) is 6.54 Å². The van der Waals surface area contributed by atoms with Crippen LogP contribution in [-0.4, -0.2) is 18.1 Å². The lowest BCUT2D eigenvalue weighted by Gasteiger charge is -2.13. The summed E-state index contributed by atoms with van der Waals surface area (Å²) >= 11 is 0. The second kappa shape index (κ2) is 8.07. The van der Waals surface area contributed by atoms with Gasteiger partial charge in [0.1, 0.15) is 11.5 Å². The van der Waals surface area contributed by atoms with Crippen LogP contribution in [0.25, 0.3) is 0 Å². The number of methoxy groups -OCH3 is 1. The monoisotopic (exact) mass is 348 g/mol. The van der Waals surface area contributed by atoms with Crippen molar-refractivity contribution in [2.75, 3.05) is 17.7 Å². The SMILES string of the molecule is COc1ccc(C(=O)Nc2ccccc2)cc1NCc1cccc(O)c1. The predicted octanol–water partition coefficient (Wildman–Crippen LogP) is 4.27. The van der Waals surface area contributed by atoms with Crippen LogP contribution in [0.5, 0.6) is 11.5 Å². The zero-order valence-corrected chi connectivity index (χ0v) is 14.4. The molecule has 0 saturated heterocycles. The van der Waals surface area contributed by atoms with Crippen LogP contribution in [0.2, 0.25) is 0 Å². The van der Waals surface area contributed by atoms with Gasteiger partial charge in [-0.05, 0) is 48.0 Å². The van der Waals surface area contributed by atoms with E-state index in [4.69, 9.17) is 4.74 Å². The number of hydrogen-bond donors (Lipinski definition) is 3. The molecule has 0 saturated carbocycles. The van der Waals surface area contributed by atoms with E-state index >= 15 is 0 Å². The minimum atomic E-state index is -0.195. The molecule has 0 heterocycles. The molecule has 132 valence electrons. The molecule has 3 aromatic carbocycles. The summed E-state index contributed by atoms with van der Waals surface area (Å²) in [5.41, 5.74) is 2.89. The van der Waals surface area contributed by atoms with Crippen LogP contribution in [0.15, 0.2) is 72.8 Å². The van der Waals surface area contributed by atoms with E-state index in [1.54, 1.807) is 43.5 Å². The van der Waals surface area contributed by atoms with Crippen molar-refractivity contribution in [3.05, 3.63) is 83.9 Å². The summed E-state index contributed by atoms with van der Waals surface area (Å²) in [7, 11) is 1.58. The number of hydrogen-bond acceptors (Lipinski definition) is 4. The molecule has 0 radical (unpaired) electrons. The van der Waals surface area contributed by atoms with E-state index in [0.717, 1.165) is 11.3 Å². The van der Waals surface area contributed by atoms with E-state index < -0.39 is 0 Å². The number of phenolic OH excluding ortho intramolecular Hbond substituents is 1. The van der Waals surface area contributed by atoms with Crippen LogP contribution in [0.3, 0.4) is 0 Å². The minimum absolute atomic E-state index is 0.195. The van der Waals surface area contributed by atoms with Gasteiger partial charge in [0.15, 0.2) is 0 Å². The molecule has 0 unspecified atom stereocenters. The molecule has 1 amide bonds. The number of ether oxygens (including phenoxy) is 1. The van der Waals surface area contributed by atoms with Gasteiger partial charge in [0.2, 0.25) is 0 Å². The third-order valence-electron chi connectivity index (χ3n) is 3.89. The van der Waals surface area contributed by atoms with Gasteiger partial charge in [-0.15, -0.1) is 0 Å². The summed E-state index contributed by atoms with van der Waals surface area (Å²) in [6, 6.07) is 21.5. The Morgan fingerprint density at radius 3 is 2.54 bits per heavy atom. The Hall–Kier alpha value is -3.47. The molecule has 5 heteroatoms. The van der Waals surface area contributed by atoms with Gasteiger partial charge in [-0.1, -0.05) is 30.3 Å². The number of carbonyl (C=O) groups excluding carboxylic acids is 1. The molecule has 0 aromatic heterocycles. The number of nitrogens with one attached hydrogen (secondary N) is 2. The van der Waals surface area contributed by atoms with Crippen LogP contribution < -0.4 is 15.4 Å². The third-order valence-corrected chi connectivity index (χ3v) is 3.89. The molecular weight excluding hydrogens is 328 g/mol. The van der Waals surface area contributed by atoms with Crippen molar-refractivity contribution < 1.29 is 14.6 Å². The molecular formula is C21H20N2O3. The van der Waals surface area contributed by atoms with Gasteiger partial charge in [0.25, 0.3) is 5.91 Å². The van der Waals surface area contributed by atoms with Gasteiger partial charge in [0, 0.05) is 17.8 Å². The molecule has 3 rings (SSSR count). The molecule has 0 spiro atoms. The fraction of sp³-hybridized carbons (Fsp3) is 0.0952. The van der Waals surface area contributed by atoms with Crippen molar-refractivity contribution in [2.45, 2.75) is 6.54 Å². The lowest BCUT2D eigenvalue weighted by Crippen LogP contribution is -2.12. The highest BCUT2D eigenvalue weighted by atomic mass is 16.5. The highest BCUT2D eigenvalue weighted by Crippen LogP contribution is 2.27. The van der Waals surface area contributed by atoms with E-state index in [1.165, 1.54) is 0 Å². The Kier molecular flexibility index (Phi) is 5.39. The van der Waals surface area contributed by atoms with Gasteiger partial charge in [-0.25, -0.2) is 0 Å². The fourth-order valence-corrected chi connectivity index (χ4v) is 2.58. The third kappa shape index (κ3) is 4.33. The lowest BCUT2D eigenvalue weighted by atomic mass is 10.1. The number of benzene rings is 3. The molecule has 26 heavy (non-hydrogen) atoms. The lowest BCUT2D eigenvalue weighted by molar-refractivity contribution is 0.102. The second-order valence-corrected chi connectivity index (χ2v) is 5.76. The standard InChI is InChI=1S/C21H20N2O3/c1-26-20-11-10-16(21(25)23-17-7-3-2-4-8-17)13-19(20)22-14-15-6-5-9-18(24)12-15/h2-13,22,24H,14H2,1H3,(H,23,25). The quantitative estimate of drug-likeness (QED) is 0.622. The van der Waals surface area contributed by atoms with Gasteiger partial charge >= 0.3 is 0 Å². The van der Waals surface area contributed by atoms with Gasteiger partial charge in [-0.2, -0.15) is 0 Å². The molecule has 0 bridgehead atoms. The van der Waals surface area contributed by atoms with E-state index in [2.05, 4.69) is 10.6 Å². The average molecular weight is 348 g/mol. The van der Waals surface area contributed by atoms with E-state index in [0.29, 0.717) is 23.5 Å². The van der Waals surface area contributed by atoms with E-state index in [9.17, 15) is 9.90 Å². The normalized spacial score (nSPS) is 10.2. The number of anilines is 2. The Morgan fingerprint density at radius 1 is 1.00 bits per heavy atom. The number of rotatable bonds is 6. The Morgan fingerprint density at radius 2 is 1.81 bits per heavy atom. The topological polar surface area (TPSA) is 70.6 Å². The summed E-state index contributed by atoms with van der Waals surface area (Å²) in [4.78, 5) is 12.5. The molecule has 0 atom stereocenters. The first kappa shape index (κ1) is 17.4. The maximum absolute atomic E-state index is 12.5. The van der Waals surface area contributed by atoms with Crippen molar-refractivity contribution in [1.82, 2.24) is 0 Å². The summed E-state index contributed by atoms with van der Waals surface area (Å²) < 4.78 is 5.37. The molecule has 0 fully saturated rings. The molecule has 0 aliphatic rings. The summed E-state index contributed by atoms with van der Waals surface area (Å²) in [6.45, 7) is 0.495. The zero-order chi connectivity index (χ0) is 18.4. The smallest absolute Gasteiger partial charge is 0.255 e.